The molecule has 0 aliphatic heterocycles. The molecule has 92 valence electrons. The lowest BCUT2D eigenvalue weighted by Gasteiger charge is -2.27. The Morgan fingerprint density at radius 2 is 2.00 bits per heavy atom. The molecule has 1 saturated carbocycles. The molecule has 0 bridgehead atoms. The summed E-state index contributed by atoms with van der Waals surface area (Å²) in [7, 11) is 0. The van der Waals surface area contributed by atoms with Crippen LogP contribution in [0, 0.1) is 11.8 Å². The number of hydrogen-bond donors (Lipinski definition) is 2. The van der Waals surface area contributed by atoms with Gasteiger partial charge >= 0.3 is 0 Å². The molecule has 0 heterocycles. The lowest BCUT2D eigenvalue weighted by molar-refractivity contribution is -0.126. The van der Waals surface area contributed by atoms with Crippen LogP contribution in [-0.2, 0) is 4.79 Å². The number of thiocarbonyl (C=S) groups is 1. The van der Waals surface area contributed by atoms with Crippen LogP contribution in [0.1, 0.15) is 46.0 Å². The summed E-state index contributed by atoms with van der Waals surface area (Å²) in [5.41, 5.74) is 5.56. The molecule has 16 heavy (non-hydrogen) atoms. The first-order valence-corrected chi connectivity index (χ1v) is 6.55. The highest BCUT2D eigenvalue weighted by Gasteiger charge is 2.25. The second kappa shape index (κ2) is 6.18. The molecule has 1 amide bonds. The van der Waals surface area contributed by atoms with Crippen LogP contribution in [-0.4, -0.2) is 16.9 Å². The Kier molecular flexibility index (Phi) is 5.19. The van der Waals surface area contributed by atoms with Gasteiger partial charge < -0.3 is 11.1 Å². The minimum atomic E-state index is -0.137. The summed E-state index contributed by atoms with van der Waals surface area (Å²) in [4.78, 5) is 12.3. The van der Waals surface area contributed by atoms with E-state index < -0.39 is 0 Å². The van der Waals surface area contributed by atoms with Gasteiger partial charge in [-0.2, -0.15) is 0 Å². The standard InChI is InChI=1S/C12H22N2OS/c1-3-10(11(13)16)14-12(15)9-6-4-8(2)5-7-9/h8-10H,3-7H2,1-2H3,(H2,13,16)(H,14,15). The van der Waals surface area contributed by atoms with Gasteiger partial charge in [-0.05, 0) is 38.0 Å². The normalized spacial score (nSPS) is 27.1. The maximum atomic E-state index is 12.0. The number of rotatable bonds is 4. The first-order valence-electron chi connectivity index (χ1n) is 6.14. The van der Waals surface area contributed by atoms with Gasteiger partial charge in [0.05, 0.1) is 11.0 Å². The minimum absolute atomic E-state index is 0.131. The Hall–Kier alpha value is -0.640. The predicted octanol–water partition coefficient (Wildman–Crippen LogP) is 1.99. The first-order chi connectivity index (χ1) is 7.54. The van der Waals surface area contributed by atoms with Gasteiger partial charge in [0.25, 0.3) is 0 Å². The molecule has 0 spiro atoms. The molecule has 1 unspecified atom stereocenters. The average Bonchev–Trinajstić information content (AvgIpc) is 2.26. The van der Waals surface area contributed by atoms with Crippen LogP contribution in [0.5, 0.6) is 0 Å². The SMILES string of the molecule is CCC(NC(=O)C1CCC(C)CC1)C(N)=S. The number of carbonyl (C=O) groups excluding carboxylic acids is 1. The molecule has 4 heteroatoms. The largest absolute Gasteiger partial charge is 0.392 e. The molecule has 3 nitrogen and oxygen atoms in total. The van der Waals surface area contributed by atoms with Gasteiger partial charge in [0.2, 0.25) is 5.91 Å². The Labute approximate surface area is 103 Å². The highest BCUT2D eigenvalue weighted by Crippen LogP contribution is 2.28. The number of nitrogens with two attached hydrogens (primary N) is 1. The summed E-state index contributed by atoms with van der Waals surface area (Å²) in [6.45, 7) is 4.23. The van der Waals surface area contributed by atoms with E-state index in [1.807, 2.05) is 6.92 Å². The summed E-state index contributed by atoms with van der Waals surface area (Å²) in [5.74, 6) is 1.06. The first kappa shape index (κ1) is 13.4. The van der Waals surface area contributed by atoms with E-state index in [0.717, 1.165) is 38.0 Å². The maximum absolute atomic E-state index is 12.0. The second-order valence-electron chi connectivity index (χ2n) is 4.83. The van der Waals surface area contributed by atoms with Gasteiger partial charge in [0.15, 0.2) is 0 Å². The van der Waals surface area contributed by atoms with Crippen LogP contribution in [0.15, 0.2) is 0 Å². The molecule has 0 aromatic heterocycles. The Bertz CT molecular complexity index is 260. The van der Waals surface area contributed by atoms with E-state index in [-0.39, 0.29) is 17.9 Å². The van der Waals surface area contributed by atoms with Crippen molar-refractivity contribution in [3.63, 3.8) is 0 Å². The molecule has 1 aliphatic rings. The summed E-state index contributed by atoms with van der Waals surface area (Å²) >= 11 is 4.92. The van der Waals surface area contributed by atoms with Crippen molar-refractivity contribution in [2.75, 3.05) is 0 Å². The maximum Gasteiger partial charge on any atom is 0.223 e. The predicted molar refractivity (Wildman–Crippen MR) is 70.1 cm³/mol. The highest BCUT2D eigenvalue weighted by molar-refractivity contribution is 7.80. The van der Waals surface area contributed by atoms with Crippen molar-refractivity contribution < 1.29 is 4.79 Å². The fourth-order valence-corrected chi connectivity index (χ4v) is 2.41. The zero-order chi connectivity index (χ0) is 12.1. The number of carbonyl (C=O) groups is 1. The van der Waals surface area contributed by atoms with E-state index in [2.05, 4.69) is 12.2 Å². The van der Waals surface area contributed by atoms with E-state index in [4.69, 9.17) is 18.0 Å². The van der Waals surface area contributed by atoms with Crippen LogP contribution >= 0.6 is 12.2 Å². The third-order valence-electron chi connectivity index (χ3n) is 3.45. The third-order valence-corrected chi connectivity index (χ3v) is 3.74. The molecule has 0 aromatic carbocycles. The van der Waals surface area contributed by atoms with Gasteiger partial charge in [0, 0.05) is 5.92 Å². The Morgan fingerprint density at radius 1 is 1.44 bits per heavy atom. The van der Waals surface area contributed by atoms with E-state index in [9.17, 15) is 4.79 Å². The lowest BCUT2D eigenvalue weighted by atomic mass is 9.82. The lowest BCUT2D eigenvalue weighted by Crippen LogP contribution is -2.45. The third kappa shape index (κ3) is 3.74. The minimum Gasteiger partial charge on any atom is -0.392 e. The molecule has 0 radical (unpaired) electrons. The second-order valence-corrected chi connectivity index (χ2v) is 5.30. The highest BCUT2D eigenvalue weighted by atomic mass is 32.1. The van der Waals surface area contributed by atoms with Gasteiger partial charge in [-0.1, -0.05) is 26.1 Å². The van der Waals surface area contributed by atoms with Crippen molar-refractivity contribution >= 4 is 23.1 Å². The molecule has 1 aliphatic carbocycles. The number of nitrogens with one attached hydrogen (secondary N) is 1. The Balaban J connectivity index is 2.42. The Morgan fingerprint density at radius 3 is 2.44 bits per heavy atom. The van der Waals surface area contributed by atoms with Crippen LogP contribution in [0.3, 0.4) is 0 Å². The van der Waals surface area contributed by atoms with E-state index in [0.29, 0.717) is 4.99 Å². The zero-order valence-corrected chi connectivity index (χ0v) is 11.0. The van der Waals surface area contributed by atoms with Crippen molar-refractivity contribution in [1.82, 2.24) is 5.32 Å². The van der Waals surface area contributed by atoms with Crippen molar-refractivity contribution in [3.05, 3.63) is 0 Å². The molecule has 1 fully saturated rings. The fraction of sp³-hybridized carbons (Fsp3) is 0.833. The number of amides is 1. The van der Waals surface area contributed by atoms with Crippen LogP contribution in [0.4, 0.5) is 0 Å². The van der Waals surface area contributed by atoms with E-state index in [1.165, 1.54) is 0 Å². The molecular weight excluding hydrogens is 220 g/mol. The fourth-order valence-electron chi connectivity index (χ4n) is 2.19. The number of hydrogen-bond acceptors (Lipinski definition) is 2. The monoisotopic (exact) mass is 242 g/mol. The smallest absolute Gasteiger partial charge is 0.223 e. The topological polar surface area (TPSA) is 55.1 Å². The molecule has 1 rings (SSSR count). The van der Waals surface area contributed by atoms with Crippen molar-refractivity contribution in [1.29, 1.82) is 0 Å². The van der Waals surface area contributed by atoms with Crippen LogP contribution in [0.2, 0.25) is 0 Å². The van der Waals surface area contributed by atoms with Crippen molar-refractivity contribution in [2.24, 2.45) is 17.6 Å². The molecule has 0 aromatic rings. The van der Waals surface area contributed by atoms with Crippen molar-refractivity contribution in [2.45, 2.75) is 52.0 Å². The zero-order valence-electron chi connectivity index (χ0n) is 10.2. The molecule has 1 atom stereocenters. The molecule has 0 saturated heterocycles. The molecule has 3 N–H and O–H groups in total. The summed E-state index contributed by atoms with van der Waals surface area (Å²) in [6, 6.07) is -0.137. The van der Waals surface area contributed by atoms with Gasteiger partial charge in [-0.3, -0.25) is 4.79 Å². The van der Waals surface area contributed by atoms with E-state index in [1.54, 1.807) is 0 Å². The summed E-state index contributed by atoms with van der Waals surface area (Å²) in [6.07, 6.45) is 5.08. The summed E-state index contributed by atoms with van der Waals surface area (Å²) in [5, 5.41) is 2.95. The van der Waals surface area contributed by atoms with Crippen molar-refractivity contribution in [3.8, 4) is 0 Å². The van der Waals surface area contributed by atoms with Crippen LogP contribution < -0.4 is 11.1 Å². The van der Waals surface area contributed by atoms with Gasteiger partial charge in [-0.15, -0.1) is 0 Å². The average molecular weight is 242 g/mol. The van der Waals surface area contributed by atoms with Crippen LogP contribution in [0.25, 0.3) is 0 Å². The summed E-state index contributed by atoms with van der Waals surface area (Å²) < 4.78 is 0. The quantitative estimate of drug-likeness (QED) is 0.741. The van der Waals surface area contributed by atoms with Gasteiger partial charge in [0.1, 0.15) is 0 Å². The van der Waals surface area contributed by atoms with Gasteiger partial charge in [-0.25, -0.2) is 0 Å². The molecular formula is C12H22N2OS. The van der Waals surface area contributed by atoms with E-state index >= 15 is 0 Å².